The number of carboxylic acid groups (broad SMARTS) is 1. The smallest absolute Gasteiger partial charge is 0.344 e. The van der Waals surface area contributed by atoms with Crippen LogP contribution in [0.1, 0.15) is 6.42 Å². The minimum Gasteiger partial charge on any atom is -0.479 e. The Morgan fingerprint density at radius 3 is 2.27 bits per heavy atom. The van der Waals surface area contributed by atoms with E-state index in [1.807, 2.05) is 12.1 Å². The molecule has 7 nitrogen and oxygen atoms in total. The second-order valence-corrected chi connectivity index (χ2v) is 7.60. The lowest BCUT2D eigenvalue weighted by molar-refractivity contribution is -0.145. The van der Waals surface area contributed by atoms with Gasteiger partial charge in [-0.05, 0) is 41.5 Å². The summed E-state index contributed by atoms with van der Waals surface area (Å²) >= 11 is 5.90. The lowest BCUT2D eigenvalue weighted by Gasteiger charge is -2.16. The summed E-state index contributed by atoms with van der Waals surface area (Å²) in [5, 5.41) is 17.4. The molecule has 0 aliphatic carbocycles. The number of carboxylic acids is 1. The fourth-order valence-corrected chi connectivity index (χ4v) is 3.35. The van der Waals surface area contributed by atoms with Crippen LogP contribution in [-0.4, -0.2) is 32.2 Å². The Labute approximate surface area is 190 Å². The molecule has 0 aliphatic heterocycles. The Bertz CT molecular complexity index is 1380. The number of nitrogens with zero attached hydrogens (tertiary/aromatic N) is 3. The van der Waals surface area contributed by atoms with E-state index >= 15 is 0 Å². The second kappa shape index (κ2) is 9.33. The fourth-order valence-electron chi connectivity index (χ4n) is 3.22. The molecule has 10 heteroatoms. The number of carbonyl (C=O) groups is 1. The van der Waals surface area contributed by atoms with Crippen LogP contribution < -0.4 is 10.3 Å². The second-order valence-electron chi connectivity index (χ2n) is 7.17. The van der Waals surface area contributed by atoms with E-state index in [0.29, 0.717) is 10.8 Å². The Morgan fingerprint density at radius 2 is 1.64 bits per heavy atom. The molecule has 0 spiro atoms. The Hall–Kier alpha value is -3.85. The Balaban J connectivity index is 1.48. The zero-order valence-corrected chi connectivity index (χ0v) is 17.7. The predicted molar refractivity (Wildman–Crippen MR) is 117 cm³/mol. The van der Waals surface area contributed by atoms with Gasteiger partial charge in [0.2, 0.25) is 0 Å². The number of aryl methyl sites for hydroxylation is 1. The third-order valence-electron chi connectivity index (χ3n) is 4.95. The van der Waals surface area contributed by atoms with E-state index in [-0.39, 0.29) is 23.9 Å². The molecule has 0 saturated heterocycles. The van der Waals surface area contributed by atoms with Crippen molar-refractivity contribution in [1.82, 2.24) is 15.0 Å². The van der Waals surface area contributed by atoms with Crippen LogP contribution in [0.25, 0.3) is 22.0 Å². The van der Waals surface area contributed by atoms with E-state index in [1.54, 1.807) is 36.4 Å². The van der Waals surface area contributed by atoms with Crippen molar-refractivity contribution in [2.75, 3.05) is 0 Å². The summed E-state index contributed by atoms with van der Waals surface area (Å²) in [5.41, 5.74) is 1.02. The molecule has 1 N–H and O–H groups in total. The number of hydrogen-bond acceptors (Lipinski definition) is 5. The molecule has 0 amide bonds. The highest BCUT2D eigenvalue weighted by molar-refractivity contribution is 6.30. The maximum Gasteiger partial charge on any atom is 0.344 e. The summed E-state index contributed by atoms with van der Waals surface area (Å²) in [5.74, 6) is -3.23. The number of halogens is 3. The highest BCUT2D eigenvalue weighted by Gasteiger charge is 2.21. The summed E-state index contributed by atoms with van der Waals surface area (Å²) in [7, 11) is 0. The van der Waals surface area contributed by atoms with Crippen LogP contribution in [-0.2, 0) is 11.3 Å². The van der Waals surface area contributed by atoms with Gasteiger partial charge in [0, 0.05) is 17.5 Å². The van der Waals surface area contributed by atoms with Crippen LogP contribution in [0.15, 0.2) is 65.5 Å². The van der Waals surface area contributed by atoms with Crippen molar-refractivity contribution in [3.8, 4) is 16.9 Å². The molecule has 0 bridgehead atoms. The van der Waals surface area contributed by atoms with Gasteiger partial charge < -0.3 is 9.84 Å². The molecule has 4 aromatic rings. The van der Waals surface area contributed by atoms with Crippen LogP contribution in [0.5, 0.6) is 5.75 Å². The summed E-state index contributed by atoms with van der Waals surface area (Å²) in [6.45, 7) is -0.152. The Kier molecular flexibility index (Phi) is 6.32. The molecule has 3 aromatic carbocycles. The van der Waals surface area contributed by atoms with Crippen molar-refractivity contribution in [1.29, 1.82) is 0 Å². The summed E-state index contributed by atoms with van der Waals surface area (Å²) in [4.78, 5) is 24.2. The third kappa shape index (κ3) is 4.98. The number of hydrogen-bond donors (Lipinski definition) is 1. The minimum atomic E-state index is -1.28. The molecular formula is C23H16ClF2N3O4. The van der Waals surface area contributed by atoms with Crippen molar-refractivity contribution >= 4 is 28.5 Å². The van der Waals surface area contributed by atoms with Crippen molar-refractivity contribution in [3.63, 3.8) is 0 Å². The first-order valence-corrected chi connectivity index (χ1v) is 10.2. The first kappa shape index (κ1) is 22.3. The van der Waals surface area contributed by atoms with E-state index in [0.717, 1.165) is 27.9 Å². The normalized spacial score (nSPS) is 12.0. The molecule has 33 heavy (non-hydrogen) atoms. The minimum absolute atomic E-state index is 0.0954. The molecule has 4 rings (SSSR count). The number of aromatic nitrogens is 3. The van der Waals surface area contributed by atoms with Gasteiger partial charge in [0.05, 0.1) is 11.9 Å². The number of aliphatic carboxylic acids is 1. The zero-order chi connectivity index (χ0) is 23.5. The molecular weight excluding hydrogens is 456 g/mol. The zero-order valence-electron chi connectivity index (χ0n) is 16.9. The van der Waals surface area contributed by atoms with Crippen LogP contribution >= 0.6 is 11.6 Å². The van der Waals surface area contributed by atoms with Crippen molar-refractivity contribution in [3.05, 3.63) is 87.7 Å². The number of fused-ring (bicyclic) bond motifs is 1. The lowest BCUT2D eigenvalue weighted by Crippen LogP contribution is -2.32. The molecule has 1 atom stereocenters. The summed E-state index contributed by atoms with van der Waals surface area (Å²) < 4.78 is 33.3. The summed E-state index contributed by atoms with van der Waals surface area (Å²) in [6.07, 6.45) is -1.39. The van der Waals surface area contributed by atoms with E-state index in [9.17, 15) is 23.5 Å². The van der Waals surface area contributed by atoms with E-state index < -0.39 is 29.3 Å². The van der Waals surface area contributed by atoms with E-state index in [4.69, 9.17) is 16.3 Å². The first-order valence-electron chi connectivity index (χ1n) is 9.80. The standard InChI is InChI=1S/C23H16ClF2N3O4/c24-15-5-1-13(2-6-15)14-3-7-16(8-4-14)33-21(23(31)32)9-10-29-22(30)17-11-18(25)19(26)12-20(17)27-28-29/h1-8,11-12,21H,9-10H2,(H,31,32)/t21-/m1/s1. The van der Waals surface area contributed by atoms with Gasteiger partial charge in [0.25, 0.3) is 5.56 Å². The van der Waals surface area contributed by atoms with Gasteiger partial charge in [-0.25, -0.2) is 18.3 Å². The maximum absolute atomic E-state index is 13.5. The Morgan fingerprint density at radius 1 is 1.03 bits per heavy atom. The molecule has 0 radical (unpaired) electrons. The lowest BCUT2D eigenvalue weighted by atomic mass is 10.1. The van der Waals surface area contributed by atoms with Gasteiger partial charge >= 0.3 is 5.97 Å². The quantitative estimate of drug-likeness (QED) is 0.431. The highest BCUT2D eigenvalue weighted by Crippen LogP contribution is 2.24. The average molecular weight is 472 g/mol. The largest absolute Gasteiger partial charge is 0.479 e. The number of ether oxygens (including phenoxy) is 1. The molecule has 0 unspecified atom stereocenters. The van der Waals surface area contributed by atoms with Gasteiger partial charge in [0.1, 0.15) is 11.3 Å². The third-order valence-corrected chi connectivity index (χ3v) is 5.20. The molecule has 1 heterocycles. The van der Waals surface area contributed by atoms with Crippen molar-refractivity contribution < 1.29 is 23.4 Å². The monoisotopic (exact) mass is 471 g/mol. The van der Waals surface area contributed by atoms with Gasteiger partial charge in [-0.1, -0.05) is 41.1 Å². The summed E-state index contributed by atoms with van der Waals surface area (Å²) in [6, 6.07) is 15.6. The SMILES string of the molecule is O=C(O)[C@@H](CCn1nnc2cc(F)c(F)cc2c1=O)Oc1ccc(-c2ccc(Cl)cc2)cc1. The molecule has 0 saturated carbocycles. The number of rotatable bonds is 7. The molecule has 0 fully saturated rings. The fraction of sp³-hybridized carbons (Fsp3) is 0.130. The van der Waals surface area contributed by atoms with E-state index in [2.05, 4.69) is 10.3 Å². The van der Waals surface area contributed by atoms with Crippen molar-refractivity contribution in [2.45, 2.75) is 19.1 Å². The molecule has 1 aromatic heterocycles. The maximum atomic E-state index is 13.5. The van der Waals surface area contributed by atoms with E-state index in [1.165, 1.54) is 0 Å². The average Bonchev–Trinajstić information content (AvgIpc) is 2.80. The van der Waals surface area contributed by atoms with Crippen LogP contribution in [0.4, 0.5) is 8.78 Å². The predicted octanol–water partition coefficient (Wildman–Crippen LogP) is 4.31. The number of benzene rings is 3. The van der Waals surface area contributed by atoms with Gasteiger partial charge in [0.15, 0.2) is 17.7 Å². The van der Waals surface area contributed by atoms with Gasteiger partial charge in [-0.15, -0.1) is 5.10 Å². The molecule has 0 aliphatic rings. The van der Waals surface area contributed by atoms with Gasteiger partial charge in [-0.2, -0.15) is 0 Å². The van der Waals surface area contributed by atoms with Crippen LogP contribution in [0.3, 0.4) is 0 Å². The van der Waals surface area contributed by atoms with Crippen LogP contribution in [0.2, 0.25) is 5.02 Å². The van der Waals surface area contributed by atoms with Crippen LogP contribution in [0, 0.1) is 11.6 Å². The highest BCUT2D eigenvalue weighted by atomic mass is 35.5. The van der Waals surface area contributed by atoms with Gasteiger partial charge in [-0.3, -0.25) is 4.79 Å². The molecule has 168 valence electrons. The van der Waals surface area contributed by atoms with Crippen molar-refractivity contribution in [2.24, 2.45) is 0 Å². The topological polar surface area (TPSA) is 94.3 Å². The first-order chi connectivity index (χ1) is 15.8.